The van der Waals surface area contributed by atoms with Gasteiger partial charge in [0.15, 0.2) is 5.96 Å². The van der Waals surface area contributed by atoms with E-state index in [2.05, 4.69) is 51.7 Å². The standard InChI is InChI=1S/C18H26ClN5S/c1-4-20-18(21-9-7-14-5-6-16(19)23-11-14)22-10-8-15-12-25-17(24-15)13(2)3/h5-6,11-13H,4,7-10H2,1-3H3,(H2,20,21,22). The number of thiazole rings is 1. The number of hydrogen-bond donors (Lipinski definition) is 2. The molecule has 0 saturated heterocycles. The molecular formula is C18H26ClN5S. The average Bonchev–Trinajstić information content (AvgIpc) is 3.06. The van der Waals surface area contributed by atoms with E-state index < -0.39 is 0 Å². The molecule has 0 aliphatic heterocycles. The number of hydrogen-bond acceptors (Lipinski definition) is 4. The molecule has 2 aromatic heterocycles. The summed E-state index contributed by atoms with van der Waals surface area (Å²) in [6.45, 7) is 8.76. The van der Waals surface area contributed by atoms with E-state index >= 15 is 0 Å². The number of halogens is 1. The molecule has 0 spiro atoms. The Balaban J connectivity index is 1.79. The highest BCUT2D eigenvalue weighted by atomic mass is 35.5. The number of nitrogens with zero attached hydrogens (tertiary/aromatic N) is 3. The van der Waals surface area contributed by atoms with Crippen LogP contribution in [0.25, 0.3) is 0 Å². The molecule has 0 amide bonds. The van der Waals surface area contributed by atoms with E-state index in [1.54, 1.807) is 11.3 Å². The molecule has 136 valence electrons. The molecule has 2 heterocycles. The van der Waals surface area contributed by atoms with Gasteiger partial charge in [0.1, 0.15) is 5.15 Å². The summed E-state index contributed by atoms with van der Waals surface area (Å²) in [5, 5.41) is 10.5. The second kappa shape index (κ2) is 10.4. The van der Waals surface area contributed by atoms with Crippen LogP contribution < -0.4 is 10.6 Å². The molecule has 0 unspecified atom stereocenters. The lowest BCUT2D eigenvalue weighted by Gasteiger charge is -2.11. The van der Waals surface area contributed by atoms with Crippen LogP contribution in [0.15, 0.2) is 28.7 Å². The molecule has 0 fully saturated rings. The van der Waals surface area contributed by atoms with Crippen LogP contribution in [0.1, 0.15) is 43.0 Å². The molecule has 2 aromatic rings. The fraction of sp³-hybridized carbons (Fsp3) is 0.500. The highest BCUT2D eigenvalue weighted by molar-refractivity contribution is 7.09. The van der Waals surface area contributed by atoms with Gasteiger partial charge in [0.25, 0.3) is 0 Å². The van der Waals surface area contributed by atoms with Crippen LogP contribution in [0.3, 0.4) is 0 Å². The first-order chi connectivity index (χ1) is 12.1. The number of guanidine groups is 1. The third-order valence-corrected chi connectivity index (χ3v) is 4.96. The summed E-state index contributed by atoms with van der Waals surface area (Å²) in [6, 6.07) is 3.81. The molecule has 2 rings (SSSR count). The minimum absolute atomic E-state index is 0.489. The first-order valence-corrected chi connectivity index (χ1v) is 9.91. The van der Waals surface area contributed by atoms with Gasteiger partial charge in [0, 0.05) is 43.5 Å². The van der Waals surface area contributed by atoms with Crippen molar-refractivity contribution in [2.75, 3.05) is 19.6 Å². The summed E-state index contributed by atoms with van der Waals surface area (Å²) in [7, 11) is 0. The largest absolute Gasteiger partial charge is 0.357 e. The van der Waals surface area contributed by atoms with Gasteiger partial charge in [-0.3, -0.25) is 4.99 Å². The van der Waals surface area contributed by atoms with E-state index in [9.17, 15) is 0 Å². The van der Waals surface area contributed by atoms with Gasteiger partial charge in [-0.25, -0.2) is 9.97 Å². The lowest BCUT2D eigenvalue weighted by Crippen LogP contribution is -2.38. The fourth-order valence-corrected chi connectivity index (χ4v) is 3.19. The van der Waals surface area contributed by atoms with Gasteiger partial charge in [-0.2, -0.15) is 0 Å². The highest BCUT2D eigenvalue weighted by Gasteiger charge is 2.05. The average molecular weight is 380 g/mol. The van der Waals surface area contributed by atoms with Crippen molar-refractivity contribution < 1.29 is 0 Å². The number of pyridine rings is 1. The number of nitrogens with one attached hydrogen (secondary N) is 2. The van der Waals surface area contributed by atoms with E-state index in [-0.39, 0.29) is 0 Å². The third kappa shape index (κ3) is 7.00. The molecule has 7 heteroatoms. The monoisotopic (exact) mass is 379 g/mol. The minimum atomic E-state index is 0.489. The van der Waals surface area contributed by atoms with Crippen molar-refractivity contribution in [3.8, 4) is 0 Å². The van der Waals surface area contributed by atoms with Gasteiger partial charge in [0.05, 0.1) is 10.7 Å². The van der Waals surface area contributed by atoms with Crippen LogP contribution >= 0.6 is 22.9 Å². The third-order valence-electron chi connectivity index (χ3n) is 3.54. The topological polar surface area (TPSA) is 62.2 Å². The van der Waals surface area contributed by atoms with Crippen molar-refractivity contribution in [2.24, 2.45) is 4.99 Å². The summed E-state index contributed by atoms with van der Waals surface area (Å²) < 4.78 is 0. The van der Waals surface area contributed by atoms with Gasteiger partial charge in [-0.05, 0) is 25.0 Å². The molecule has 0 radical (unpaired) electrons. The van der Waals surface area contributed by atoms with Gasteiger partial charge >= 0.3 is 0 Å². The zero-order valence-corrected chi connectivity index (χ0v) is 16.6. The van der Waals surface area contributed by atoms with Crippen molar-refractivity contribution >= 4 is 28.9 Å². The molecule has 0 saturated carbocycles. The normalized spacial score (nSPS) is 11.8. The first kappa shape index (κ1) is 19.7. The molecule has 0 aliphatic rings. The fourth-order valence-electron chi connectivity index (χ4n) is 2.21. The van der Waals surface area contributed by atoms with Crippen molar-refractivity contribution in [3.05, 3.63) is 45.1 Å². The zero-order chi connectivity index (χ0) is 18.1. The lowest BCUT2D eigenvalue weighted by molar-refractivity contribution is 0.790. The van der Waals surface area contributed by atoms with Gasteiger partial charge in [-0.1, -0.05) is 31.5 Å². The minimum Gasteiger partial charge on any atom is -0.357 e. The van der Waals surface area contributed by atoms with Crippen LogP contribution in [0.5, 0.6) is 0 Å². The quantitative estimate of drug-likeness (QED) is 0.417. The Morgan fingerprint density at radius 3 is 2.76 bits per heavy atom. The van der Waals surface area contributed by atoms with Crippen molar-refractivity contribution in [3.63, 3.8) is 0 Å². The Labute approximate surface area is 159 Å². The van der Waals surface area contributed by atoms with Crippen molar-refractivity contribution in [1.82, 2.24) is 20.6 Å². The number of aromatic nitrogens is 2. The van der Waals surface area contributed by atoms with Crippen LogP contribution in [0, 0.1) is 0 Å². The van der Waals surface area contributed by atoms with Crippen LogP contribution in [0.2, 0.25) is 5.15 Å². The molecule has 0 bridgehead atoms. The van der Waals surface area contributed by atoms with E-state index in [0.29, 0.717) is 11.1 Å². The van der Waals surface area contributed by atoms with Gasteiger partial charge in [-0.15, -0.1) is 11.3 Å². The van der Waals surface area contributed by atoms with Crippen LogP contribution in [-0.2, 0) is 12.8 Å². The number of aliphatic imine (C=N–C) groups is 1. The van der Waals surface area contributed by atoms with E-state index in [1.807, 2.05) is 18.3 Å². The van der Waals surface area contributed by atoms with Gasteiger partial charge in [0.2, 0.25) is 0 Å². The SMILES string of the molecule is CCNC(=NCCc1csc(C(C)C)n1)NCCc1ccc(Cl)nc1. The van der Waals surface area contributed by atoms with Crippen molar-refractivity contribution in [1.29, 1.82) is 0 Å². The Kier molecular flexibility index (Phi) is 8.15. The molecule has 0 atom stereocenters. The second-order valence-electron chi connectivity index (χ2n) is 6.01. The smallest absolute Gasteiger partial charge is 0.191 e. The predicted octanol–water partition coefficient (Wildman–Crippen LogP) is 3.66. The molecule has 0 aliphatic carbocycles. The molecule has 25 heavy (non-hydrogen) atoms. The van der Waals surface area contributed by atoms with E-state index in [4.69, 9.17) is 11.6 Å². The summed E-state index contributed by atoms with van der Waals surface area (Å²) in [5.41, 5.74) is 2.27. The highest BCUT2D eigenvalue weighted by Crippen LogP contribution is 2.19. The summed E-state index contributed by atoms with van der Waals surface area (Å²) in [4.78, 5) is 13.4. The molecule has 2 N–H and O–H groups in total. The predicted molar refractivity (Wildman–Crippen MR) is 107 cm³/mol. The van der Waals surface area contributed by atoms with E-state index in [0.717, 1.165) is 49.7 Å². The molecule has 5 nitrogen and oxygen atoms in total. The Morgan fingerprint density at radius 2 is 2.12 bits per heavy atom. The zero-order valence-electron chi connectivity index (χ0n) is 15.1. The molecular weight excluding hydrogens is 354 g/mol. The Bertz CT molecular complexity index is 666. The Hall–Kier alpha value is -1.66. The van der Waals surface area contributed by atoms with E-state index in [1.165, 1.54) is 5.01 Å². The van der Waals surface area contributed by atoms with Crippen molar-refractivity contribution in [2.45, 2.75) is 39.5 Å². The molecule has 0 aromatic carbocycles. The number of rotatable bonds is 8. The maximum atomic E-state index is 5.80. The van der Waals surface area contributed by atoms with Crippen LogP contribution in [-0.4, -0.2) is 35.6 Å². The van der Waals surface area contributed by atoms with Crippen LogP contribution in [0.4, 0.5) is 0 Å². The maximum Gasteiger partial charge on any atom is 0.191 e. The van der Waals surface area contributed by atoms with Gasteiger partial charge < -0.3 is 10.6 Å². The summed E-state index contributed by atoms with van der Waals surface area (Å²) >= 11 is 7.54. The maximum absolute atomic E-state index is 5.80. The Morgan fingerprint density at radius 1 is 1.28 bits per heavy atom. The summed E-state index contributed by atoms with van der Waals surface area (Å²) in [6.07, 6.45) is 3.54. The summed E-state index contributed by atoms with van der Waals surface area (Å²) in [5.74, 6) is 1.33. The first-order valence-electron chi connectivity index (χ1n) is 8.65. The lowest BCUT2D eigenvalue weighted by atomic mass is 10.2. The second-order valence-corrected chi connectivity index (χ2v) is 7.29.